The highest BCUT2D eigenvalue weighted by atomic mass is 16.5. The summed E-state index contributed by atoms with van der Waals surface area (Å²) in [5.74, 6) is 1.60. The maximum Gasteiger partial charge on any atom is 0.161 e. The van der Waals surface area contributed by atoms with Gasteiger partial charge in [0.25, 0.3) is 0 Å². The summed E-state index contributed by atoms with van der Waals surface area (Å²) < 4.78 is 10.6. The van der Waals surface area contributed by atoms with E-state index >= 15 is 0 Å². The molecule has 0 aromatic heterocycles. The summed E-state index contributed by atoms with van der Waals surface area (Å²) in [6.07, 6.45) is 3.83. The molecule has 0 saturated carbocycles. The van der Waals surface area contributed by atoms with Gasteiger partial charge in [-0.2, -0.15) is 0 Å². The number of fused-ring (bicyclic) bond motifs is 1. The summed E-state index contributed by atoms with van der Waals surface area (Å²) in [5.41, 5.74) is 2.60. The molecular weight excluding hydrogens is 190 g/mol. The lowest BCUT2D eigenvalue weighted by Gasteiger charge is -2.12. The zero-order valence-corrected chi connectivity index (χ0v) is 9.12. The molecule has 1 aromatic carbocycles. The summed E-state index contributed by atoms with van der Waals surface area (Å²) in [6.45, 7) is 0.864. The third-order valence-electron chi connectivity index (χ3n) is 2.66. The zero-order chi connectivity index (χ0) is 10.7. The Kier molecular flexibility index (Phi) is 2.90. The summed E-state index contributed by atoms with van der Waals surface area (Å²) in [4.78, 5) is 4.29. The number of nitrogens with zero attached hydrogens (tertiary/aromatic N) is 1. The standard InChI is InChI=1S/C12H15NO2/c1-14-11-7-9-3-5-13-6-4-10(9)8-12(11)15-2/h5,7-8H,3-4,6H2,1-2H3. The van der Waals surface area contributed by atoms with E-state index in [1.807, 2.05) is 12.3 Å². The van der Waals surface area contributed by atoms with E-state index in [1.165, 1.54) is 11.1 Å². The molecule has 0 bridgehead atoms. The van der Waals surface area contributed by atoms with Crippen LogP contribution in [0.5, 0.6) is 11.5 Å². The van der Waals surface area contributed by atoms with E-state index in [0.29, 0.717) is 0 Å². The highest BCUT2D eigenvalue weighted by Crippen LogP contribution is 2.31. The lowest BCUT2D eigenvalue weighted by atomic mass is 10.0. The van der Waals surface area contributed by atoms with Crippen LogP contribution in [-0.2, 0) is 12.8 Å². The van der Waals surface area contributed by atoms with Crippen molar-refractivity contribution in [3.05, 3.63) is 23.3 Å². The van der Waals surface area contributed by atoms with Gasteiger partial charge in [0.05, 0.1) is 14.2 Å². The first-order chi connectivity index (χ1) is 7.35. The largest absolute Gasteiger partial charge is 0.493 e. The minimum Gasteiger partial charge on any atom is -0.493 e. The molecule has 0 saturated heterocycles. The van der Waals surface area contributed by atoms with Crippen molar-refractivity contribution in [2.75, 3.05) is 20.8 Å². The van der Waals surface area contributed by atoms with Gasteiger partial charge in [-0.25, -0.2) is 0 Å². The number of methoxy groups -OCH3 is 2. The molecule has 0 aliphatic carbocycles. The molecule has 1 aliphatic heterocycles. The van der Waals surface area contributed by atoms with Gasteiger partial charge in [0.15, 0.2) is 11.5 Å². The Morgan fingerprint density at radius 3 is 2.40 bits per heavy atom. The van der Waals surface area contributed by atoms with Crippen molar-refractivity contribution in [2.45, 2.75) is 12.8 Å². The molecule has 0 fully saturated rings. The van der Waals surface area contributed by atoms with Crippen LogP contribution in [0.4, 0.5) is 0 Å². The van der Waals surface area contributed by atoms with E-state index in [-0.39, 0.29) is 0 Å². The van der Waals surface area contributed by atoms with Crippen LogP contribution in [0, 0.1) is 0 Å². The van der Waals surface area contributed by atoms with Crippen LogP contribution in [0.1, 0.15) is 11.1 Å². The molecule has 2 rings (SSSR count). The molecule has 0 radical (unpaired) electrons. The van der Waals surface area contributed by atoms with Gasteiger partial charge < -0.3 is 9.47 Å². The maximum absolute atomic E-state index is 5.28. The van der Waals surface area contributed by atoms with Crippen molar-refractivity contribution in [1.82, 2.24) is 0 Å². The van der Waals surface area contributed by atoms with Gasteiger partial charge in [0.2, 0.25) is 0 Å². The van der Waals surface area contributed by atoms with Crippen LogP contribution in [0.15, 0.2) is 17.1 Å². The second-order valence-corrected chi connectivity index (χ2v) is 3.52. The highest BCUT2D eigenvalue weighted by Gasteiger charge is 2.11. The molecule has 0 amide bonds. The van der Waals surface area contributed by atoms with Crippen LogP contribution >= 0.6 is 0 Å². The number of benzene rings is 1. The second kappa shape index (κ2) is 4.34. The Morgan fingerprint density at radius 2 is 1.73 bits per heavy atom. The summed E-state index contributed by atoms with van der Waals surface area (Å²) >= 11 is 0. The molecule has 0 unspecified atom stereocenters. The Bertz CT molecular complexity index is 385. The SMILES string of the molecule is COc1cc2c(cc1OC)CCN=CC2. The molecule has 0 N–H and O–H groups in total. The maximum atomic E-state index is 5.28. The lowest BCUT2D eigenvalue weighted by molar-refractivity contribution is 0.354. The van der Waals surface area contributed by atoms with Crippen molar-refractivity contribution >= 4 is 6.21 Å². The summed E-state index contributed by atoms with van der Waals surface area (Å²) in [6, 6.07) is 4.11. The second-order valence-electron chi connectivity index (χ2n) is 3.52. The molecule has 1 aromatic rings. The highest BCUT2D eigenvalue weighted by molar-refractivity contribution is 5.65. The van der Waals surface area contributed by atoms with E-state index in [1.54, 1.807) is 14.2 Å². The average Bonchev–Trinajstić information content (AvgIpc) is 2.51. The van der Waals surface area contributed by atoms with E-state index in [2.05, 4.69) is 11.1 Å². The van der Waals surface area contributed by atoms with Gasteiger partial charge in [-0.1, -0.05) is 0 Å². The average molecular weight is 205 g/mol. The fraction of sp³-hybridized carbons (Fsp3) is 0.417. The van der Waals surface area contributed by atoms with Crippen molar-refractivity contribution in [3.8, 4) is 11.5 Å². The number of hydrogen-bond acceptors (Lipinski definition) is 3. The van der Waals surface area contributed by atoms with Crippen LogP contribution in [0.2, 0.25) is 0 Å². The van der Waals surface area contributed by atoms with Gasteiger partial charge in [0.1, 0.15) is 0 Å². The minimum absolute atomic E-state index is 0.798. The Balaban J connectivity index is 2.44. The lowest BCUT2D eigenvalue weighted by Crippen LogP contribution is -1.98. The molecule has 3 heteroatoms. The van der Waals surface area contributed by atoms with Crippen LogP contribution < -0.4 is 9.47 Å². The normalized spacial score (nSPS) is 14.3. The quantitative estimate of drug-likeness (QED) is 0.738. The fourth-order valence-electron chi connectivity index (χ4n) is 1.83. The first-order valence-electron chi connectivity index (χ1n) is 5.07. The van der Waals surface area contributed by atoms with Crippen molar-refractivity contribution in [2.24, 2.45) is 4.99 Å². The fourth-order valence-corrected chi connectivity index (χ4v) is 1.83. The zero-order valence-electron chi connectivity index (χ0n) is 9.12. The van der Waals surface area contributed by atoms with Gasteiger partial charge >= 0.3 is 0 Å². The molecule has 0 spiro atoms. The van der Waals surface area contributed by atoms with Gasteiger partial charge in [-0.3, -0.25) is 4.99 Å². The van der Waals surface area contributed by atoms with E-state index in [4.69, 9.17) is 9.47 Å². The van der Waals surface area contributed by atoms with E-state index < -0.39 is 0 Å². The van der Waals surface area contributed by atoms with Crippen LogP contribution in [-0.4, -0.2) is 27.0 Å². The molecular formula is C12H15NO2. The van der Waals surface area contributed by atoms with Gasteiger partial charge in [-0.15, -0.1) is 0 Å². The number of hydrogen-bond donors (Lipinski definition) is 0. The monoisotopic (exact) mass is 205 g/mol. The predicted molar refractivity (Wildman–Crippen MR) is 60.3 cm³/mol. The minimum atomic E-state index is 0.798. The van der Waals surface area contributed by atoms with Gasteiger partial charge in [-0.05, 0) is 29.7 Å². The third kappa shape index (κ3) is 1.96. The Labute approximate surface area is 89.7 Å². The Hall–Kier alpha value is -1.51. The van der Waals surface area contributed by atoms with Crippen molar-refractivity contribution in [1.29, 1.82) is 0 Å². The first kappa shape index (κ1) is 10.0. The van der Waals surface area contributed by atoms with Crippen molar-refractivity contribution < 1.29 is 9.47 Å². The number of rotatable bonds is 2. The van der Waals surface area contributed by atoms with Gasteiger partial charge in [0, 0.05) is 19.2 Å². The summed E-state index contributed by atoms with van der Waals surface area (Å²) in [5, 5.41) is 0. The molecule has 1 heterocycles. The first-order valence-corrected chi connectivity index (χ1v) is 5.07. The van der Waals surface area contributed by atoms with E-state index in [0.717, 1.165) is 30.9 Å². The smallest absolute Gasteiger partial charge is 0.161 e. The van der Waals surface area contributed by atoms with Crippen LogP contribution in [0.25, 0.3) is 0 Å². The van der Waals surface area contributed by atoms with Crippen molar-refractivity contribution in [3.63, 3.8) is 0 Å². The molecule has 1 aliphatic rings. The van der Waals surface area contributed by atoms with Crippen LogP contribution in [0.3, 0.4) is 0 Å². The predicted octanol–water partition coefficient (Wildman–Crippen LogP) is 1.87. The topological polar surface area (TPSA) is 30.8 Å². The molecule has 80 valence electrons. The summed E-state index contributed by atoms with van der Waals surface area (Å²) in [7, 11) is 3.33. The molecule has 3 nitrogen and oxygen atoms in total. The third-order valence-corrected chi connectivity index (χ3v) is 2.66. The Morgan fingerprint density at radius 1 is 1.07 bits per heavy atom. The molecule has 0 atom stereocenters. The van der Waals surface area contributed by atoms with E-state index in [9.17, 15) is 0 Å². The number of aliphatic imine (C=N–C) groups is 1. The molecule has 15 heavy (non-hydrogen) atoms. The number of ether oxygens (including phenoxy) is 2.